The van der Waals surface area contributed by atoms with Crippen LogP contribution in [0.3, 0.4) is 0 Å². The zero-order valence-electron chi connectivity index (χ0n) is 16.4. The van der Waals surface area contributed by atoms with E-state index in [1.54, 1.807) is 0 Å². The van der Waals surface area contributed by atoms with E-state index >= 15 is 0 Å². The molecule has 0 fully saturated rings. The molecule has 11 heteroatoms. The van der Waals surface area contributed by atoms with Gasteiger partial charge in [0.2, 0.25) is 5.91 Å². The highest BCUT2D eigenvalue weighted by atomic mass is 35.5. The van der Waals surface area contributed by atoms with Gasteiger partial charge in [-0.1, -0.05) is 30.3 Å². The Morgan fingerprint density at radius 1 is 1.14 bits per heavy atom. The molecule has 0 aliphatic carbocycles. The SMILES string of the molecule is COC(=O)[C@@H](C)NC(=O)[C@@H](CCCN=C(N)N)NC(=O)OCc1ccccc1.Cl. The van der Waals surface area contributed by atoms with Crippen molar-refractivity contribution in [1.82, 2.24) is 10.6 Å². The van der Waals surface area contributed by atoms with E-state index in [4.69, 9.17) is 16.2 Å². The number of nitrogens with one attached hydrogen (secondary N) is 2. The van der Waals surface area contributed by atoms with Gasteiger partial charge in [-0.25, -0.2) is 9.59 Å². The standard InChI is InChI=1S/C18H27N5O5.ClH/c1-12(16(25)27-2)22-15(24)14(9-6-10-21-17(19)20)23-18(26)28-11-13-7-4-3-5-8-13;/h3-5,7-8,12,14H,6,9-11H2,1-2H3,(H,22,24)(H,23,26)(H4,19,20,21);1H/t12-,14-;/m1./s1. The number of carbonyl (C=O) groups excluding carboxylic acids is 3. The molecule has 6 N–H and O–H groups in total. The van der Waals surface area contributed by atoms with Crippen LogP contribution in [-0.2, 0) is 25.7 Å². The van der Waals surface area contributed by atoms with Crippen LogP contribution in [0.15, 0.2) is 35.3 Å². The number of methoxy groups -OCH3 is 1. The fourth-order valence-electron chi connectivity index (χ4n) is 2.23. The van der Waals surface area contributed by atoms with Crippen LogP contribution in [0.1, 0.15) is 25.3 Å². The molecule has 0 bridgehead atoms. The largest absolute Gasteiger partial charge is 0.467 e. The molecule has 0 saturated heterocycles. The fraction of sp³-hybridized carbons (Fsp3) is 0.444. The molecule has 162 valence electrons. The van der Waals surface area contributed by atoms with Gasteiger partial charge in [0, 0.05) is 6.54 Å². The van der Waals surface area contributed by atoms with Crippen LogP contribution < -0.4 is 22.1 Å². The second-order valence-electron chi connectivity index (χ2n) is 5.96. The molecule has 0 saturated carbocycles. The van der Waals surface area contributed by atoms with E-state index in [1.807, 2.05) is 30.3 Å². The maximum Gasteiger partial charge on any atom is 0.408 e. The molecule has 0 unspecified atom stereocenters. The topological polar surface area (TPSA) is 158 Å². The number of nitrogens with zero attached hydrogens (tertiary/aromatic N) is 1. The first kappa shape index (κ1) is 26.0. The molecule has 2 amide bonds. The van der Waals surface area contributed by atoms with Crippen molar-refractivity contribution < 1.29 is 23.9 Å². The lowest BCUT2D eigenvalue weighted by molar-refractivity contribution is -0.144. The molecule has 1 rings (SSSR count). The molecule has 0 spiro atoms. The van der Waals surface area contributed by atoms with Gasteiger partial charge in [-0.05, 0) is 25.3 Å². The van der Waals surface area contributed by atoms with Gasteiger partial charge in [-0.15, -0.1) is 12.4 Å². The summed E-state index contributed by atoms with van der Waals surface area (Å²) in [7, 11) is 1.22. The number of guanidine groups is 1. The average molecular weight is 430 g/mol. The average Bonchev–Trinajstić information content (AvgIpc) is 2.68. The number of ether oxygens (including phenoxy) is 2. The Labute approximate surface area is 175 Å². The minimum absolute atomic E-state index is 0. The van der Waals surface area contributed by atoms with Crippen molar-refractivity contribution in [1.29, 1.82) is 0 Å². The zero-order valence-corrected chi connectivity index (χ0v) is 17.2. The first-order valence-electron chi connectivity index (χ1n) is 8.74. The highest BCUT2D eigenvalue weighted by Crippen LogP contribution is 2.04. The van der Waals surface area contributed by atoms with E-state index in [0.717, 1.165) is 5.56 Å². The number of benzene rings is 1. The van der Waals surface area contributed by atoms with Crippen LogP contribution in [0.25, 0.3) is 0 Å². The van der Waals surface area contributed by atoms with Gasteiger partial charge < -0.3 is 31.6 Å². The Kier molecular flexibility index (Phi) is 12.6. The van der Waals surface area contributed by atoms with Crippen molar-refractivity contribution in [2.24, 2.45) is 16.5 Å². The Morgan fingerprint density at radius 2 is 1.79 bits per heavy atom. The molecule has 2 atom stereocenters. The van der Waals surface area contributed by atoms with Crippen molar-refractivity contribution in [2.45, 2.75) is 38.5 Å². The first-order chi connectivity index (χ1) is 13.3. The zero-order chi connectivity index (χ0) is 20.9. The summed E-state index contributed by atoms with van der Waals surface area (Å²) < 4.78 is 9.71. The van der Waals surface area contributed by atoms with E-state index in [9.17, 15) is 14.4 Å². The number of amides is 2. The minimum Gasteiger partial charge on any atom is -0.467 e. The number of hydrogen-bond donors (Lipinski definition) is 4. The number of alkyl carbamates (subject to hydrolysis) is 1. The van der Waals surface area contributed by atoms with Crippen LogP contribution >= 0.6 is 12.4 Å². The van der Waals surface area contributed by atoms with E-state index in [1.165, 1.54) is 14.0 Å². The summed E-state index contributed by atoms with van der Waals surface area (Å²) in [5, 5.41) is 4.99. The molecule has 0 aliphatic rings. The smallest absolute Gasteiger partial charge is 0.408 e. The summed E-state index contributed by atoms with van der Waals surface area (Å²) >= 11 is 0. The summed E-state index contributed by atoms with van der Waals surface area (Å²) in [4.78, 5) is 39.8. The van der Waals surface area contributed by atoms with E-state index < -0.39 is 30.1 Å². The quantitative estimate of drug-likeness (QED) is 0.182. The van der Waals surface area contributed by atoms with Gasteiger partial charge in [-0.2, -0.15) is 0 Å². The number of hydrogen-bond acceptors (Lipinski definition) is 6. The molecule has 0 aliphatic heterocycles. The van der Waals surface area contributed by atoms with Gasteiger partial charge in [0.25, 0.3) is 0 Å². The predicted octanol–water partition coefficient (Wildman–Crippen LogP) is 0.435. The van der Waals surface area contributed by atoms with E-state index in [-0.39, 0.29) is 31.4 Å². The van der Waals surface area contributed by atoms with E-state index in [2.05, 4.69) is 20.4 Å². The Hall–Kier alpha value is -3.01. The summed E-state index contributed by atoms with van der Waals surface area (Å²) in [6.45, 7) is 1.83. The van der Waals surface area contributed by atoms with Crippen LogP contribution in [0.5, 0.6) is 0 Å². The Morgan fingerprint density at radius 3 is 2.38 bits per heavy atom. The first-order valence-corrected chi connectivity index (χ1v) is 8.74. The number of halogens is 1. The molecule has 1 aromatic rings. The molecular weight excluding hydrogens is 402 g/mol. The van der Waals surface area contributed by atoms with Crippen molar-refractivity contribution >= 4 is 36.3 Å². The Balaban J connectivity index is 0.00000784. The second kappa shape index (κ2) is 14.1. The van der Waals surface area contributed by atoms with Gasteiger partial charge >= 0.3 is 12.1 Å². The summed E-state index contributed by atoms with van der Waals surface area (Å²) in [6, 6.07) is 7.33. The van der Waals surface area contributed by atoms with Crippen molar-refractivity contribution in [3.05, 3.63) is 35.9 Å². The highest BCUT2D eigenvalue weighted by Gasteiger charge is 2.25. The second-order valence-corrected chi connectivity index (χ2v) is 5.96. The number of nitrogens with two attached hydrogens (primary N) is 2. The lowest BCUT2D eigenvalue weighted by Crippen LogP contribution is -2.51. The molecule has 0 radical (unpaired) electrons. The fourth-order valence-corrected chi connectivity index (χ4v) is 2.23. The van der Waals surface area contributed by atoms with Crippen molar-refractivity contribution in [2.75, 3.05) is 13.7 Å². The van der Waals surface area contributed by atoms with Crippen LogP contribution in [0, 0.1) is 0 Å². The van der Waals surface area contributed by atoms with Gasteiger partial charge in [-0.3, -0.25) is 9.79 Å². The third kappa shape index (κ3) is 10.8. The van der Waals surface area contributed by atoms with Crippen molar-refractivity contribution in [3.63, 3.8) is 0 Å². The lowest BCUT2D eigenvalue weighted by Gasteiger charge is -2.20. The summed E-state index contributed by atoms with van der Waals surface area (Å²) in [5.41, 5.74) is 11.3. The monoisotopic (exact) mass is 429 g/mol. The van der Waals surface area contributed by atoms with Gasteiger partial charge in [0.1, 0.15) is 18.7 Å². The number of esters is 1. The van der Waals surface area contributed by atoms with E-state index in [0.29, 0.717) is 13.0 Å². The maximum absolute atomic E-state index is 12.4. The summed E-state index contributed by atoms with van der Waals surface area (Å²) in [5.74, 6) is -1.20. The van der Waals surface area contributed by atoms with Crippen molar-refractivity contribution in [3.8, 4) is 0 Å². The third-order valence-corrected chi connectivity index (χ3v) is 3.68. The number of aliphatic imine (C=N–C) groups is 1. The normalized spacial score (nSPS) is 11.8. The predicted molar refractivity (Wildman–Crippen MR) is 110 cm³/mol. The number of rotatable bonds is 10. The minimum atomic E-state index is -0.926. The number of carbonyl (C=O) groups is 3. The maximum atomic E-state index is 12.4. The molecule has 0 aromatic heterocycles. The molecule has 1 aromatic carbocycles. The van der Waals surface area contributed by atoms with Gasteiger partial charge in [0.15, 0.2) is 5.96 Å². The van der Waals surface area contributed by atoms with Crippen LogP contribution in [0.4, 0.5) is 4.79 Å². The molecule has 0 heterocycles. The lowest BCUT2D eigenvalue weighted by atomic mass is 10.1. The molecular formula is C18H28ClN5O5. The summed E-state index contributed by atoms with van der Waals surface area (Å²) in [6.07, 6.45) is -0.0741. The molecule has 29 heavy (non-hydrogen) atoms. The Bertz CT molecular complexity index is 682. The third-order valence-electron chi connectivity index (χ3n) is 3.68. The highest BCUT2D eigenvalue weighted by molar-refractivity contribution is 5.89. The van der Waals surface area contributed by atoms with Crippen LogP contribution in [0.2, 0.25) is 0 Å². The van der Waals surface area contributed by atoms with Crippen LogP contribution in [-0.4, -0.2) is 49.7 Å². The molecule has 10 nitrogen and oxygen atoms in total. The van der Waals surface area contributed by atoms with Gasteiger partial charge in [0.05, 0.1) is 7.11 Å².